The first kappa shape index (κ1) is 17.7. The second-order valence-corrected chi connectivity index (χ2v) is 6.58. The Morgan fingerprint density at radius 1 is 0.870 bits per heavy atom. The number of halogens is 1. The van der Waals surface area contributed by atoms with Crippen molar-refractivity contribution in [1.82, 2.24) is 4.90 Å². The quantitative estimate of drug-likeness (QED) is 0.438. The number of allylic oxidation sites excluding steroid dienone is 1. The van der Waals surface area contributed by atoms with Crippen molar-refractivity contribution in [3.05, 3.63) is 47.0 Å². The maximum atomic E-state index is 12.2. The van der Waals surface area contributed by atoms with E-state index in [9.17, 15) is 9.59 Å². The summed E-state index contributed by atoms with van der Waals surface area (Å²) in [5.74, 6) is -0.293. The molecular formula is C19H24ClNO2. The molecule has 0 unspecified atom stereocenters. The van der Waals surface area contributed by atoms with Crippen LogP contribution >= 0.6 is 11.6 Å². The first-order valence-corrected chi connectivity index (χ1v) is 8.77. The summed E-state index contributed by atoms with van der Waals surface area (Å²) in [7, 11) is 0. The molecule has 0 fully saturated rings. The topological polar surface area (TPSA) is 37.4 Å². The van der Waals surface area contributed by atoms with E-state index in [1.54, 1.807) is 24.3 Å². The van der Waals surface area contributed by atoms with Gasteiger partial charge in [-0.3, -0.25) is 14.5 Å². The van der Waals surface area contributed by atoms with Crippen LogP contribution in [-0.2, 0) is 0 Å². The Kier molecular flexibility index (Phi) is 6.85. The lowest BCUT2D eigenvalue weighted by Gasteiger charge is -2.13. The molecule has 2 rings (SSSR count). The van der Waals surface area contributed by atoms with Crippen LogP contribution in [0.25, 0.3) is 0 Å². The first-order chi connectivity index (χ1) is 11.1. The lowest BCUT2D eigenvalue weighted by Crippen LogP contribution is -2.30. The Hall–Kier alpha value is -1.61. The smallest absolute Gasteiger partial charge is 0.261 e. The van der Waals surface area contributed by atoms with Gasteiger partial charge in [0.1, 0.15) is 0 Å². The Morgan fingerprint density at radius 3 is 1.87 bits per heavy atom. The van der Waals surface area contributed by atoms with Crippen LogP contribution in [-0.4, -0.2) is 23.3 Å². The summed E-state index contributed by atoms with van der Waals surface area (Å²) < 4.78 is 0. The molecule has 0 spiro atoms. The van der Waals surface area contributed by atoms with E-state index in [1.807, 2.05) is 0 Å². The van der Waals surface area contributed by atoms with Gasteiger partial charge in [0.05, 0.1) is 11.1 Å². The third-order valence-electron chi connectivity index (χ3n) is 4.21. The largest absolute Gasteiger partial charge is 0.274 e. The highest BCUT2D eigenvalue weighted by Gasteiger charge is 2.34. The minimum atomic E-state index is -0.146. The van der Waals surface area contributed by atoms with Gasteiger partial charge >= 0.3 is 0 Å². The molecule has 1 aromatic rings. The zero-order chi connectivity index (χ0) is 16.7. The van der Waals surface area contributed by atoms with E-state index >= 15 is 0 Å². The lowest BCUT2D eigenvalue weighted by molar-refractivity contribution is 0.0651. The van der Waals surface area contributed by atoms with Crippen molar-refractivity contribution in [2.24, 2.45) is 0 Å². The maximum absolute atomic E-state index is 12.2. The number of benzene rings is 1. The molecule has 0 atom stereocenters. The van der Waals surface area contributed by atoms with Gasteiger partial charge in [-0.05, 0) is 31.4 Å². The summed E-state index contributed by atoms with van der Waals surface area (Å²) in [6, 6.07) is 7.05. The van der Waals surface area contributed by atoms with Gasteiger partial charge in [-0.2, -0.15) is 0 Å². The molecule has 1 aliphatic rings. The number of rotatable bonds is 10. The maximum Gasteiger partial charge on any atom is 0.261 e. The van der Waals surface area contributed by atoms with Crippen molar-refractivity contribution in [3.8, 4) is 0 Å². The van der Waals surface area contributed by atoms with Gasteiger partial charge in [0.2, 0.25) is 0 Å². The number of nitrogens with zero attached hydrogens (tertiary/aromatic N) is 1. The van der Waals surface area contributed by atoms with Gasteiger partial charge in [0, 0.05) is 11.6 Å². The van der Waals surface area contributed by atoms with E-state index in [1.165, 1.54) is 24.2 Å². The predicted octanol–water partition coefficient (Wildman–Crippen LogP) is 5.16. The molecule has 0 N–H and O–H groups in total. The molecule has 1 heterocycles. The molecule has 1 aliphatic heterocycles. The molecule has 124 valence electrons. The SMILES string of the molecule is C=C(Cl)CCCCCCCCCN1C(=O)c2ccccc2C1=O. The molecule has 4 heteroatoms. The number of unbranched alkanes of at least 4 members (excludes halogenated alkanes) is 6. The summed E-state index contributed by atoms with van der Waals surface area (Å²) >= 11 is 5.72. The number of carbonyl (C=O) groups excluding carboxylic acids is 2. The van der Waals surface area contributed by atoms with Crippen LogP contribution in [0.4, 0.5) is 0 Å². The molecule has 0 aliphatic carbocycles. The minimum Gasteiger partial charge on any atom is -0.274 e. The Labute approximate surface area is 143 Å². The van der Waals surface area contributed by atoms with Gasteiger partial charge in [-0.15, -0.1) is 0 Å². The number of hydrogen-bond donors (Lipinski definition) is 0. The summed E-state index contributed by atoms with van der Waals surface area (Å²) in [5.41, 5.74) is 1.08. The van der Waals surface area contributed by atoms with Crippen LogP contribution < -0.4 is 0 Å². The highest BCUT2D eigenvalue weighted by Crippen LogP contribution is 2.23. The molecule has 2 amide bonds. The molecule has 23 heavy (non-hydrogen) atoms. The molecule has 0 bridgehead atoms. The van der Waals surface area contributed by atoms with Crippen molar-refractivity contribution in [3.63, 3.8) is 0 Å². The summed E-state index contributed by atoms with van der Waals surface area (Å²) in [4.78, 5) is 25.8. The van der Waals surface area contributed by atoms with Crippen LogP contribution in [0.1, 0.15) is 72.1 Å². The lowest BCUT2D eigenvalue weighted by atomic mass is 10.1. The van der Waals surface area contributed by atoms with E-state index in [0.29, 0.717) is 17.7 Å². The molecule has 0 aromatic heterocycles. The third kappa shape index (κ3) is 4.93. The average molecular weight is 334 g/mol. The van der Waals surface area contributed by atoms with E-state index in [4.69, 9.17) is 11.6 Å². The number of carbonyl (C=O) groups is 2. The van der Waals surface area contributed by atoms with E-state index in [2.05, 4.69) is 6.58 Å². The normalized spacial score (nSPS) is 13.5. The van der Waals surface area contributed by atoms with Crippen LogP contribution in [0.3, 0.4) is 0 Å². The standard InChI is InChI=1S/C19H24ClNO2/c1-15(20)11-7-5-3-2-4-6-10-14-21-18(22)16-12-8-9-13-17(16)19(21)23/h8-9,12-13H,1-7,10-11,14H2. The Morgan fingerprint density at radius 2 is 1.35 bits per heavy atom. The first-order valence-electron chi connectivity index (χ1n) is 8.40. The van der Waals surface area contributed by atoms with Crippen LogP contribution in [0.2, 0.25) is 0 Å². The summed E-state index contributed by atoms with van der Waals surface area (Å²) in [6.45, 7) is 4.21. The number of amides is 2. The van der Waals surface area contributed by atoms with Crippen molar-refractivity contribution < 1.29 is 9.59 Å². The van der Waals surface area contributed by atoms with Gasteiger partial charge < -0.3 is 0 Å². The number of imide groups is 1. The van der Waals surface area contributed by atoms with Crippen LogP contribution in [0.5, 0.6) is 0 Å². The summed E-state index contributed by atoms with van der Waals surface area (Å²) in [5, 5.41) is 0.742. The highest BCUT2D eigenvalue weighted by molar-refractivity contribution is 6.29. The molecule has 0 radical (unpaired) electrons. The van der Waals surface area contributed by atoms with E-state index in [-0.39, 0.29) is 11.8 Å². The zero-order valence-electron chi connectivity index (χ0n) is 13.5. The third-order valence-corrected chi connectivity index (χ3v) is 4.40. The van der Waals surface area contributed by atoms with Crippen molar-refractivity contribution >= 4 is 23.4 Å². The minimum absolute atomic E-state index is 0.146. The van der Waals surface area contributed by atoms with Crippen molar-refractivity contribution in [1.29, 1.82) is 0 Å². The fourth-order valence-electron chi connectivity index (χ4n) is 2.91. The second kappa shape index (κ2) is 8.88. The average Bonchev–Trinajstić information content (AvgIpc) is 2.78. The molecule has 0 saturated carbocycles. The van der Waals surface area contributed by atoms with Crippen molar-refractivity contribution in [2.45, 2.75) is 51.4 Å². The molecule has 3 nitrogen and oxygen atoms in total. The number of hydrogen-bond acceptors (Lipinski definition) is 2. The summed E-state index contributed by atoms with van der Waals surface area (Å²) in [6.07, 6.45) is 8.67. The number of fused-ring (bicyclic) bond motifs is 1. The van der Waals surface area contributed by atoms with E-state index in [0.717, 1.165) is 37.1 Å². The molecule has 0 saturated heterocycles. The fraction of sp³-hybridized carbons (Fsp3) is 0.474. The predicted molar refractivity (Wildman–Crippen MR) is 93.7 cm³/mol. The van der Waals surface area contributed by atoms with Crippen molar-refractivity contribution in [2.75, 3.05) is 6.54 Å². The monoisotopic (exact) mass is 333 g/mol. The van der Waals surface area contributed by atoms with E-state index < -0.39 is 0 Å². The highest BCUT2D eigenvalue weighted by atomic mass is 35.5. The van der Waals surface area contributed by atoms with Crippen LogP contribution in [0, 0.1) is 0 Å². The second-order valence-electron chi connectivity index (χ2n) is 6.05. The Balaban J connectivity index is 1.60. The fourth-order valence-corrected chi connectivity index (χ4v) is 3.05. The molecule has 1 aromatic carbocycles. The van der Waals surface area contributed by atoms with Gasteiger partial charge in [-0.25, -0.2) is 0 Å². The molecular weight excluding hydrogens is 310 g/mol. The van der Waals surface area contributed by atoms with Crippen LogP contribution in [0.15, 0.2) is 35.9 Å². The van der Waals surface area contributed by atoms with Gasteiger partial charge in [0.25, 0.3) is 11.8 Å². The van der Waals surface area contributed by atoms with Gasteiger partial charge in [-0.1, -0.05) is 62.4 Å². The van der Waals surface area contributed by atoms with Gasteiger partial charge in [0.15, 0.2) is 0 Å². The Bertz CT molecular complexity index is 547. The zero-order valence-corrected chi connectivity index (χ0v) is 14.3.